The molecule has 1 amide bonds. The van der Waals surface area contributed by atoms with Crippen molar-refractivity contribution in [3.05, 3.63) is 0 Å². The number of alkyl halides is 3. The number of hydrogen-bond donors (Lipinski definition) is 2. The van der Waals surface area contributed by atoms with Crippen LogP contribution in [0.25, 0.3) is 0 Å². The largest absolute Gasteiger partial charge is 0.481 e. The molecule has 0 aromatic rings. The van der Waals surface area contributed by atoms with E-state index in [1.54, 1.807) is 0 Å². The number of hydrogen-bond acceptors (Lipinski definition) is 3. The molecular formula is C14H22F3NO4. The molecule has 8 heteroatoms. The van der Waals surface area contributed by atoms with Crippen molar-refractivity contribution in [2.75, 3.05) is 0 Å². The second-order valence-corrected chi connectivity index (χ2v) is 5.89. The maximum atomic E-state index is 12.4. The molecule has 2 N–H and O–H groups in total. The summed E-state index contributed by atoms with van der Waals surface area (Å²) in [5.74, 6) is -2.36. The summed E-state index contributed by atoms with van der Waals surface area (Å²) in [6, 6.07) is -1.36. The average molecular weight is 325 g/mol. The summed E-state index contributed by atoms with van der Waals surface area (Å²) >= 11 is 0. The molecule has 0 saturated heterocycles. The molecule has 1 aliphatic rings. The molecule has 0 heterocycles. The van der Waals surface area contributed by atoms with Crippen LogP contribution in [-0.4, -0.2) is 40.0 Å². The number of carboxylic acids is 1. The molecule has 0 unspecified atom stereocenters. The van der Waals surface area contributed by atoms with Gasteiger partial charge in [-0.25, -0.2) is 5.06 Å². The minimum Gasteiger partial charge on any atom is -0.481 e. The number of aliphatic carboxylic acids is 1. The van der Waals surface area contributed by atoms with Gasteiger partial charge in [0.2, 0.25) is 6.41 Å². The number of halogens is 3. The quantitative estimate of drug-likeness (QED) is 0.408. The maximum Gasteiger partial charge on any atom is 0.389 e. The third-order valence-corrected chi connectivity index (χ3v) is 4.27. The molecular weight excluding hydrogens is 303 g/mol. The minimum absolute atomic E-state index is 0.0299. The van der Waals surface area contributed by atoms with Gasteiger partial charge in [0.1, 0.15) is 0 Å². The van der Waals surface area contributed by atoms with E-state index in [9.17, 15) is 33.1 Å². The van der Waals surface area contributed by atoms with Gasteiger partial charge in [-0.1, -0.05) is 32.1 Å². The van der Waals surface area contributed by atoms with Gasteiger partial charge < -0.3 is 5.11 Å². The van der Waals surface area contributed by atoms with Gasteiger partial charge in [-0.15, -0.1) is 0 Å². The van der Waals surface area contributed by atoms with Crippen molar-refractivity contribution in [3.63, 3.8) is 0 Å². The Morgan fingerprint density at radius 1 is 1.27 bits per heavy atom. The second-order valence-electron chi connectivity index (χ2n) is 5.89. The molecule has 1 rings (SSSR count). The lowest BCUT2D eigenvalue weighted by molar-refractivity contribution is -0.182. The van der Waals surface area contributed by atoms with Crippen LogP contribution in [0, 0.1) is 11.8 Å². The lowest BCUT2D eigenvalue weighted by Crippen LogP contribution is -2.43. The molecule has 128 valence electrons. The highest BCUT2D eigenvalue weighted by Gasteiger charge is 2.37. The monoisotopic (exact) mass is 325 g/mol. The molecule has 1 fully saturated rings. The van der Waals surface area contributed by atoms with Gasteiger partial charge in [-0.3, -0.25) is 14.8 Å². The van der Waals surface area contributed by atoms with Crippen molar-refractivity contribution < 1.29 is 33.1 Å². The summed E-state index contributed by atoms with van der Waals surface area (Å²) in [6.07, 6.45) is -1.48. The van der Waals surface area contributed by atoms with Gasteiger partial charge in [-0.05, 0) is 18.8 Å². The van der Waals surface area contributed by atoms with Gasteiger partial charge in [0.05, 0.1) is 12.0 Å². The van der Waals surface area contributed by atoms with Crippen molar-refractivity contribution in [3.8, 4) is 0 Å². The van der Waals surface area contributed by atoms with E-state index in [4.69, 9.17) is 0 Å². The average Bonchev–Trinajstić information content (AvgIpc) is 2.45. The van der Waals surface area contributed by atoms with Crippen molar-refractivity contribution >= 4 is 12.4 Å². The minimum atomic E-state index is -4.46. The Balaban J connectivity index is 2.79. The molecule has 0 aliphatic heterocycles. The number of amides is 1. The van der Waals surface area contributed by atoms with Gasteiger partial charge in [0.15, 0.2) is 0 Å². The number of carbonyl (C=O) groups is 2. The summed E-state index contributed by atoms with van der Waals surface area (Å²) < 4.78 is 37.1. The van der Waals surface area contributed by atoms with Crippen LogP contribution in [0.15, 0.2) is 0 Å². The summed E-state index contributed by atoms with van der Waals surface area (Å²) in [4.78, 5) is 22.1. The zero-order chi connectivity index (χ0) is 16.8. The van der Waals surface area contributed by atoms with E-state index in [0.717, 1.165) is 32.1 Å². The predicted octanol–water partition coefficient (Wildman–Crippen LogP) is 3.22. The normalized spacial score (nSPS) is 19.5. The van der Waals surface area contributed by atoms with E-state index in [-0.39, 0.29) is 23.8 Å². The number of rotatable bonds is 8. The Hall–Kier alpha value is -1.31. The van der Waals surface area contributed by atoms with Crippen LogP contribution in [0.4, 0.5) is 13.2 Å². The third kappa shape index (κ3) is 6.21. The Morgan fingerprint density at radius 2 is 1.86 bits per heavy atom. The van der Waals surface area contributed by atoms with E-state index >= 15 is 0 Å². The Morgan fingerprint density at radius 3 is 2.32 bits per heavy atom. The van der Waals surface area contributed by atoms with Crippen LogP contribution < -0.4 is 0 Å². The first kappa shape index (κ1) is 18.7. The fourth-order valence-corrected chi connectivity index (χ4v) is 3.11. The first-order valence-electron chi connectivity index (χ1n) is 7.46. The topological polar surface area (TPSA) is 77.8 Å². The Kier molecular flexibility index (Phi) is 7.12. The van der Waals surface area contributed by atoms with Crippen molar-refractivity contribution in [1.29, 1.82) is 0 Å². The molecule has 1 saturated carbocycles. The molecule has 0 bridgehead atoms. The lowest BCUT2D eigenvalue weighted by atomic mass is 9.79. The highest BCUT2D eigenvalue weighted by atomic mass is 19.4. The number of carbonyl (C=O) groups excluding carboxylic acids is 1. The number of carboxylic acid groups (broad SMARTS) is 1. The molecule has 2 atom stereocenters. The summed E-state index contributed by atoms with van der Waals surface area (Å²) in [6.45, 7) is 0. The van der Waals surface area contributed by atoms with Crippen molar-refractivity contribution in [2.45, 2.75) is 63.6 Å². The number of hydroxylamine groups is 2. The Bertz CT molecular complexity index is 370. The van der Waals surface area contributed by atoms with E-state index in [1.165, 1.54) is 0 Å². The molecule has 0 aromatic carbocycles. The Labute approximate surface area is 127 Å². The van der Waals surface area contributed by atoms with Gasteiger partial charge in [0, 0.05) is 6.42 Å². The molecule has 22 heavy (non-hydrogen) atoms. The van der Waals surface area contributed by atoms with E-state index in [1.807, 2.05) is 0 Å². The van der Waals surface area contributed by atoms with Gasteiger partial charge in [-0.2, -0.15) is 13.2 Å². The van der Waals surface area contributed by atoms with E-state index < -0.39 is 36.9 Å². The molecule has 0 aromatic heterocycles. The third-order valence-electron chi connectivity index (χ3n) is 4.27. The van der Waals surface area contributed by atoms with Crippen LogP contribution in [0.2, 0.25) is 0 Å². The van der Waals surface area contributed by atoms with Crippen LogP contribution >= 0.6 is 0 Å². The first-order chi connectivity index (χ1) is 10.2. The van der Waals surface area contributed by atoms with E-state index in [0.29, 0.717) is 0 Å². The van der Waals surface area contributed by atoms with Crippen LogP contribution in [0.5, 0.6) is 0 Å². The fraction of sp³-hybridized carbons (Fsp3) is 0.857. The maximum absolute atomic E-state index is 12.4. The predicted molar refractivity (Wildman–Crippen MR) is 71.1 cm³/mol. The highest BCUT2D eigenvalue weighted by molar-refractivity contribution is 5.71. The first-order valence-corrected chi connectivity index (χ1v) is 7.46. The summed E-state index contributed by atoms with van der Waals surface area (Å²) in [5.41, 5.74) is 0. The standard InChI is InChI=1S/C14H22F3NO4/c15-14(16,17)7-6-12(18(22)9-19)11(13(20)21)8-10-4-2-1-3-5-10/h9-12,22H,1-8H2,(H,20,21)/t11-,12+/m1/s1. The molecule has 5 nitrogen and oxygen atoms in total. The molecule has 0 spiro atoms. The van der Waals surface area contributed by atoms with Crippen LogP contribution in [0.3, 0.4) is 0 Å². The van der Waals surface area contributed by atoms with E-state index in [2.05, 4.69) is 0 Å². The molecule has 1 aliphatic carbocycles. The second kappa shape index (κ2) is 8.36. The summed E-state index contributed by atoms with van der Waals surface area (Å²) in [5, 5.41) is 18.9. The SMILES string of the molecule is O=CN(O)[C@@H](CCC(F)(F)F)[C@@H](CC1CCCCC1)C(=O)O. The number of nitrogens with zero attached hydrogens (tertiary/aromatic N) is 1. The summed E-state index contributed by atoms with van der Waals surface area (Å²) in [7, 11) is 0. The lowest BCUT2D eigenvalue weighted by Gasteiger charge is -2.32. The zero-order valence-corrected chi connectivity index (χ0v) is 12.3. The van der Waals surface area contributed by atoms with Gasteiger partial charge in [0.25, 0.3) is 0 Å². The highest BCUT2D eigenvalue weighted by Crippen LogP contribution is 2.33. The van der Waals surface area contributed by atoms with Gasteiger partial charge >= 0.3 is 12.1 Å². The van der Waals surface area contributed by atoms with Crippen molar-refractivity contribution in [2.24, 2.45) is 11.8 Å². The zero-order valence-electron chi connectivity index (χ0n) is 12.3. The smallest absolute Gasteiger partial charge is 0.389 e. The van der Waals surface area contributed by atoms with Crippen molar-refractivity contribution in [1.82, 2.24) is 5.06 Å². The molecule has 0 radical (unpaired) electrons. The fourth-order valence-electron chi connectivity index (χ4n) is 3.11. The van der Waals surface area contributed by atoms with Crippen LogP contribution in [-0.2, 0) is 9.59 Å². The van der Waals surface area contributed by atoms with Crippen LogP contribution in [0.1, 0.15) is 51.4 Å².